The number of fused-ring (bicyclic) bond motifs is 1. The number of halogens is 2. The molecule has 3 N–H and O–H groups in total. The Labute approximate surface area is 187 Å². The molecule has 12 heteroatoms. The van der Waals surface area contributed by atoms with E-state index in [1.807, 2.05) is 6.07 Å². The molecular formula is C21H24F2N8O2. The van der Waals surface area contributed by atoms with Crippen molar-refractivity contribution in [2.24, 2.45) is 0 Å². The highest BCUT2D eigenvalue weighted by Crippen LogP contribution is 2.51. The Morgan fingerprint density at radius 3 is 2.76 bits per heavy atom. The maximum absolute atomic E-state index is 14.0. The second-order valence-corrected chi connectivity index (χ2v) is 9.18. The number of H-pyrrole nitrogens is 2. The van der Waals surface area contributed by atoms with Crippen LogP contribution in [0, 0.1) is 0 Å². The summed E-state index contributed by atoms with van der Waals surface area (Å²) in [4.78, 5) is 20.9. The van der Waals surface area contributed by atoms with E-state index in [2.05, 4.69) is 35.6 Å². The van der Waals surface area contributed by atoms with Crippen molar-refractivity contribution in [2.45, 2.75) is 43.2 Å². The summed E-state index contributed by atoms with van der Waals surface area (Å²) < 4.78 is 33.4. The number of carbonyl (C=O) groups is 1. The number of likely N-dealkylation sites (tertiary alicyclic amines) is 1. The third-order valence-corrected chi connectivity index (χ3v) is 7.04. The topological polar surface area (TPSA) is 115 Å². The number of hydrogen-bond donors (Lipinski definition) is 3. The van der Waals surface area contributed by atoms with Crippen LogP contribution in [0.4, 0.5) is 25.1 Å². The lowest BCUT2D eigenvalue weighted by Crippen LogP contribution is -2.54. The number of rotatable bonds is 4. The van der Waals surface area contributed by atoms with E-state index in [4.69, 9.17) is 4.74 Å². The number of ether oxygens (including phenoxy) is 1. The van der Waals surface area contributed by atoms with Crippen molar-refractivity contribution < 1.29 is 18.3 Å². The molecule has 3 aliphatic rings. The van der Waals surface area contributed by atoms with Crippen LogP contribution in [0.3, 0.4) is 0 Å². The molecule has 1 aliphatic carbocycles. The molecule has 0 atom stereocenters. The van der Waals surface area contributed by atoms with Gasteiger partial charge < -0.3 is 19.9 Å². The maximum Gasteiger partial charge on any atom is 0.322 e. The SMILES string of the molecule is COC1CN(c2n[nH]c3cc(-c4[nH]ncc4NC(=O)N4CC(F)(F)CCC45CC5)ncc23)C1. The van der Waals surface area contributed by atoms with Gasteiger partial charge in [0, 0.05) is 38.4 Å². The monoisotopic (exact) mass is 458 g/mol. The van der Waals surface area contributed by atoms with Crippen molar-refractivity contribution in [1.29, 1.82) is 0 Å². The minimum absolute atomic E-state index is 0.173. The molecule has 3 aromatic heterocycles. The zero-order valence-corrected chi connectivity index (χ0v) is 18.1. The van der Waals surface area contributed by atoms with Gasteiger partial charge in [-0.1, -0.05) is 0 Å². The number of nitrogens with zero attached hydrogens (tertiary/aromatic N) is 5. The lowest BCUT2D eigenvalue weighted by molar-refractivity contribution is -0.0721. The molecule has 2 aliphatic heterocycles. The maximum atomic E-state index is 14.0. The molecule has 5 heterocycles. The van der Waals surface area contributed by atoms with Gasteiger partial charge in [-0.2, -0.15) is 10.2 Å². The van der Waals surface area contributed by atoms with Crippen LogP contribution in [0.15, 0.2) is 18.5 Å². The molecule has 1 spiro atoms. The van der Waals surface area contributed by atoms with Crippen molar-refractivity contribution in [1.82, 2.24) is 30.3 Å². The van der Waals surface area contributed by atoms with Crippen LogP contribution in [0.1, 0.15) is 25.7 Å². The normalized spacial score (nSPS) is 21.4. The standard InChI is InChI=1S/C21H24F2N8O2/c1-33-12-9-30(10-12)18-13-7-24-15(6-14(13)27-29-18)17-16(8-25-28-17)26-19(32)31-11-21(22,23)5-4-20(31)2-3-20/h6-8,12H,2-5,9-11H2,1H3,(H,25,28)(H,26,32)(H,27,29). The molecular weight excluding hydrogens is 434 g/mol. The Kier molecular flexibility index (Phi) is 4.38. The molecule has 6 rings (SSSR count). The number of carbonyl (C=O) groups excluding carboxylic acids is 1. The lowest BCUT2D eigenvalue weighted by Gasteiger charge is -2.40. The first kappa shape index (κ1) is 20.3. The third kappa shape index (κ3) is 3.39. The number of nitrogens with one attached hydrogen (secondary N) is 3. The summed E-state index contributed by atoms with van der Waals surface area (Å²) in [5, 5.41) is 18.0. The Morgan fingerprint density at radius 1 is 1.21 bits per heavy atom. The Bertz CT molecular complexity index is 1210. The van der Waals surface area contributed by atoms with Crippen LogP contribution in [-0.2, 0) is 4.74 Å². The average molecular weight is 458 g/mol. The molecule has 174 valence electrons. The fourth-order valence-corrected chi connectivity index (χ4v) is 4.78. The molecule has 3 fully saturated rings. The average Bonchev–Trinajstić information content (AvgIpc) is 3.19. The zero-order chi connectivity index (χ0) is 22.8. The number of hydrogen-bond acceptors (Lipinski definition) is 6. The van der Waals surface area contributed by atoms with Crippen molar-refractivity contribution >= 4 is 28.4 Å². The van der Waals surface area contributed by atoms with Crippen molar-refractivity contribution in [3.8, 4) is 11.4 Å². The molecule has 2 saturated heterocycles. The summed E-state index contributed by atoms with van der Waals surface area (Å²) in [5.74, 6) is -2.05. The highest BCUT2D eigenvalue weighted by Gasteiger charge is 2.57. The Balaban J connectivity index is 1.23. The van der Waals surface area contributed by atoms with E-state index >= 15 is 0 Å². The summed E-state index contributed by atoms with van der Waals surface area (Å²) in [7, 11) is 1.69. The first-order chi connectivity index (χ1) is 15.9. The first-order valence-electron chi connectivity index (χ1n) is 11.0. The Hall–Kier alpha value is -3.28. The summed E-state index contributed by atoms with van der Waals surface area (Å²) in [6.07, 6.45) is 5.07. The smallest absolute Gasteiger partial charge is 0.322 e. The van der Waals surface area contributed by atoms with Crippen molar-refractivity contribution in [3.63, 3.8) is 0 Å². The number of aromatic nitrogens is 5. The predicted octanol–water partition coefficient (Wildman–Crippen LogP) is 2.98. The van der Waals surface area contributed by atoms with Gasteiger partial charge >= 0.3 is 6.03 Å². The number of amides is 2. The molecule has 33 heavy (non-hydrogen) atoms. The number of aromatic amines is 2. The summed E-state index contributed by atoms with van der Waals surface area (Å²) in [6.45, 7) is 0.978. The van der Waals surface area contributed by atoms with Gasteiger partial charge in [0.15, 0.2) is 5.82 Å². The highest BCUT2D eigenvalue weighted by molar-refractivity contribution is 5.96. The van der Waals surface area contributed by atoms with E-state index in [0.29, 0.717) is 23.5 Å². The minimum Gasteiger partial charge on any atom is -0.378 e. The molecule has 1 saturated carbocycles. The van der Waals surface area contributed by atoms with Crippen LogP contribution in [0.25, 0.3) is 22.3 Å². The molecule has 10 nitrogen and oxygen atoms in total. The van der Waals surface area contributed by atoms with Crippen molar-refractivity contribution in [2.75, 3.05) is 37.0 Å². The number of anilines is 2. The largest absolute Gasteiger partial charge is 0.378 e. The van der Waals surface area contributed by atoms with Gasteiger partial charge in [0.25, 0.3) is 5.92 Å². The van der Waals surface area contributed by atoms with E-state index in [1.165, 1.54) is 11.1 Å². The van der Waals surface area contributed by atoms with Gasteiger partial charge in [-0.25, -0.2) is 13.6 Å². The lowest BCUT2D eigenvalue weighted by atomic mass is 9.97. The van der Waals surface area contributed by atoms with Crippen LogP contribution >= 0.6 is 0 Å². The second-order valence-electron chi connectivity index (χ2n) is 9.18. The first-order valence-corrected chi connectivity index (χ1v) is 11.0. The quantitative estimate of drug-likeness (QED) is 0.554. The molecule has 0 aromatic carbocycles. The van der Waals surface area contributed by atoms with Crippen LogP contribution < -0.4 is 10.2 Å². The summed E-state index contributed by atoms with van der Waals surface area (Å²) >= 11 is 0. The van der Waals surface area contributed by atoms with Crippen LogP contribution in [-0.4, -0.2) is 80.6 Å². The van der Waals surface area contributed by atoms with E-state index in [0.717, 1.165) is 42.7 Å². The van der Waals surface area contributed by atoms with E-state index in [1.54, 1.807) is 13.3 Å². The number of urea groups is 1. The second kappa shape index (κ2) is 7.11. The molecule has 0 unspecified atom stereocenters. The Morgan fingerprint density at radius 2 is 2.00 bits per heavy atom. The molecule has 2 amide bonds. The van der Waals surface area contributed by atoms with Gasteiger partial charge in [0.1, 0.15) is 5.69 Å². The number of piperidine rings is 1. The van der Waals surface area contributed by atoms with Gasteiger partial charge in [0.2, 0.25) is 0 Å². The van der Waals surface area contributed by atoms with E-state index in [9.17, 15) is 13.6 Å². The fraction of sp³-hybridized carbons (Fsp3) is 0.524. The fourth-order valence-electron chi connectivity index (χ4n) is 4.78. The number of pyridine rings is 1. The van der Waals surface area contributed by atoms with E-state index < -0.39 is 24.0 Å². The van der Waals surface area contributed by atoms with Crippen LogP contribution in [0.2, 0.25) is 0 Å². The van der Waals surface area contributed by atoms with E-state index in [-0.39, 0.29) is 12.5 Å². The number of alkyl halides is 2. The minimum atomic E-state index is -2.87. The zero-order valence-electron chi connectivity index (χ0n) is 18.1. The molecule has 0 radical (unpaired) electrons. The van der Waals surface area contributed by atoms with Gasteiger partial charge in [-0.05, 0) is 25.3 Å². The summed E-state index contributed by atoms with van der Waals surface area (Å²) in [5.41, 5.74) is 1.79. The summed E-state index contributed by atoms with van der Waals surface area (Å²) in [6, 6.07) is 1.28. The molecule has 0 bridgehead atoms. The van der Waals surface area contributed by atoms with Crippen LogP contribution in [0.5, 0.6) is 0 Å². The van der Waals surface area contributed by atoms with Crippen molar-refractivity contribution in [3.05, 3.63) is 18.5 Å². The van der Waals surface area contributed by atoms with Gasteiger partial charge in [-0.3, -0.25) is 15.2 Å². The predicted molar refractivity (Wildman–Crippen MR) is 116 cm³/mol. The third-order valence-electron chi connectivity index (χ3n) is 7.04. The molecule has 3 aromatic rings. The number of methoxy groups -OCH3 is 1. The highest BCUT2D eigenvalue weighted by atomic mass is 19.3. The van der Waals surface area contributed by atoms with Gasteiger partial charge in [0.05, 0.1) is 41.1 Å². The van der Waals surface area contributed by atoms with Gasteiger partial charge in [-0.15, -0.1) is 0 Å².